The molecule has 0 radical (unpaired) electrons. The topological polar surface area (TPSA) is 52.3 Å². The maximum Gasteiger partial charge on any atom is 0.144 e. The zero-order chi connectivity index (χ0) is 10.9. The van der Waals surface area contributed by atoms with Crippen LogP contribution in [0.1, 0.15) is 0 Å². The van der Waals surface area contributed by atoms with E-state index < -0.39 is 13.0 Å². The zero-order valence-electron chi connectivity index (χ0n) is 8.37. The average Bonchev–Trinajstić information content (AvgIpc) is 2.06. The van der Waals surface area contributed by atoms with E-state index in [0.29, 0.717) is 5.69 Å². The monoisotopic (exact) mass is 217 g/mol. The molecule has 0 unspecified atom stereocenters. The summed E-state index contributed by atoms with van der Waals surface area (Å²) in [5, 5.41) is 0.163. The summed E-state index contributed by atoms with van der Waals surface area (Å²) in [6.07, 6.45) is 0. The highest BCUT2D eigenvalue weighted by atomic mass is 31.2. The zero-order valence-corrected chi connectivity index (χ0v) is 9.27. The summed E-state index contributed by atoms with van der Waals surface area (Å²) in [7, 11) is -1.22. The Morgan fingerprint density at radius 3 is 2.43 bits per heavy atom. The maximum absolute atomic E-state index is 13.4. The van der Waals surface area contributed by atoms with Crippen LogP contribution < -0.4 is 15.8 Å². The SMILES string of the molecule is COc1cc(F)c(P(C)(C)=O)cc1N. The summed E-state index contributed by atoms with van der Waals surface area (Å²) in [5.74, 6) is -0.274. The summed E-state index contributed by atoms with van der Waals surface area (Å²) in [6, 6.07) is 2.53. The number of anilines is 1. The predicted octanol–water partition coefficient (Wildman–Crippen LogP) is 1.66. The largest absolute Gasteiger partial charge is 0.494 e. The second-order valence-corrected chi connectivity index (χ2v) is 6.58. The van der Waals surface area contributed by atoms with Crippen molar-refractivity contribution >= 4 is 18.1 Å². The Hall–Kier alpha value is -1.02. The van der Waals surface area contributed by atoms with E-state index in [9.17, 15) is 8.96 Å². The highest BCUT2D eigenvalue weighted by Gasteiger charge is 2.18. The van der Waals surface area contributed by atoms with Crippen molar-refractivity contribution in [3.8, 4) is 5.75 Å². The van der Waals surface area contributed by atoms with Crippen molar-refractivity contribution in [1.82, 2.24) is 0 Å². The van der Waals surface area contributed by atoms with Crippen LogP contribution in [-0.4, -0.2) is 20.4 Å². The summed E-state index contributed by atoms with van der Waals surface area (Å²) < 4.78 is 29.9. The maximum atomic E-state index is 13.4. The van der Waals surface area contributed by atoms with Crippen molar-refractivity contribution in [2.24, 2.45) is 0 Å². The van der Waals surface area contributed by atoms with Crippen LogP contribution in [0.5, 0.6) is 5.75 Å². The molecule has 0 aliphatic rings. The van der Waals surface area contributed by atoms with Gasteiger partial charge >= 0.3 is 0 Å². The molecule has 1 rings (SSSR count). The third kappa shape index (κ3) is 2.07. The van der Waals surface area contributed by atoms with E-state index in [1.807, 2.05) is 0 Å². The molecule has 5 heteroatoms. The quantitative estimate of drug-likeness (QED) is 0.605. The van der Waals surface area contributed by atoms with E-state index >= 15 is 0 Å². The lowest BCUT2D eigenvalue weighted by atomic mass is 10.3. The minimum atomic E-state index is -2.62. The molecule has 0 amide bonds. The minimum absolute atomic E-state index is 0.163. The van der Waals surface area contributed by atoms with Crippen LogP contribution in [0, 0.1) is 5.82 Å². The standard InChI is InChI=1S/C9H13FNO2P/c1-13-8-4-6(10)9(5-7(8)11)14(2,3)12/h4-5H,11H2,1-3H3. The first-order chi connectivity index (χ1) is 6.36. The van der Waals surface area contributed by atoms with Gasteiger partial charge in [-0.05, 0) is 19.4 Å². The Bertz CT molecular complexity index is 400. The molecule has 0 aliphatic carbocycles. The van der Waals surface area contributed by atoms with Crippen LogP contribution >= 0.6 is 7.14 Å². The van der Waals surface area contributed by atoms with Crippen LogP contribution in [0.4, 0.5) is 10.1 Å². The fourth-order valence-electron chi connectivity index (χ4n) is 1.15. The van der Waals surface area contributed by atoms with Gasteiger partial charge in [0.05, 0.1) is 12.8 Å². The second kappa shape index (κ2) is 3.62. The van der Waals surface area contributed by atoms with Crippen molar-refractivity contribution in [1.29, 1.82) is 0 Å². The summed E-state index contributed by atoms with van der Waals surface area (Å²) in [5.41, 5.74) is 5.88. The van der Waals surface area contributed by atoms with Crippen LogP contribution in [0.25, 0.3) is 0 Å². The smallest absolute Gasteiger partial charge is 0.144 e. The molecule has 78 valence electrons. The number of nitrogen functional groups attached to an aromatic ring is 1. The van der Waals surface area contributed by atoms with Gasteiger partial charge in [-0.1, -0.05) is 0 Å². The van der Waals surface area contributed by atoms with Gasteiger partial charge in [-0.15, -0.1) is 0 Å². The fourth-order valence-corrected chi connectivity index (χ4v) is 2.18. The van der Waals surface area contributed by atoms with Crippen molar-refractivity contribution < 1.29 is 13.7 Å². The fraction of sp³-hybridized carbons (Fsp3) is 0.333. The molecule has 0 aromatic heterocycles. The molecule has 0 bridgehead atoms. The second-order valence-electron chi connectivity index (χ2n) is 3.40. The number of methoxy groups -OCH3 is 1. The molecule has 0 saturated carbocycles. The Balaban J connectivity index is 3.37. The first-order valence-electron chi connectivity index (χ1n) is 4.05. The number of nitrogens with two attached hydrogens (primary N) is 1. The third-order valence-corrected chi connectivity index (χ3v) is 3.38. The normalized spacial score (nSPS) is 11.4. The molecule has 0 heterocycles. The lowest BCUT2D eigenvalue weighted by Crippen LogP contribution is -2.10. The van der Waals surface area contributed by atoms with Crippen molar-refractivity contribution in [2.75, 3.05) is 26.2 Å². The molecule has 0 saturated heterocycles. The minimum Gasteiger partial charge on any atom is -0.494 e. The van der Waals surface area contributed by atoms with Gasteiger partial charge in [0.25, 0.3) is 0 Å². The molecule has 0 fully saturated rings. The van der Waals surface area contributed by atoms with Crippen molar-refractivity contribution in [2.45, 2.75) is 0 Å². The number of halogens is 1. The molecular formula is C9H13FNO2P. The van der Waals surface area contributed by atoms with Crippen molar-refractivity contribution in [3.05, 3.63) is 17.9 Å². The Morgan fingerprint density at radius 2 is 2.00 bits per heavy atom. The Kier molecular flexibility index (Phi) is 2.86. The molecule has 0 aliphatic heterocycles. The lowest BCUT2D eigenvalue weighted by molar-refractivity contribution is 0.414. The summed E-state index contributed by atoms with van der Waals surface area (Å²) in [6.45, 7) is 2.99. The molecule has 0 atom stereocenters. The molecule has 0 spiro atoms. The van der Waals surface area contributed by atoms with Gasteiger partial charge in [0.15, 0.2) is 0 Å². The van der Waals surface area contributed by atoms with Crippen LogP contribution in [0.2, 0.25) is 0 Å². The van der Waals surface area contributed by atoms with E-state index in [1.54, 1.807) is 0 Å². The number of ether oxygens (including phenoxy) is 1. The number of hydrogen-bond donors (Lipinski definition) is 1. The van der Waals surface area contributed by atoms with Gasteiger partial charge < -0.3 is 15.0 Å². The molecule has 1 aromatic carbocycles. The van der Waals surface area contributed by atoms with Crippen LogP contribution in [0.3, 0.4) is 0 Å². The molecule has 2 N–H and O–H groups in total. The van der Waals surface area contributed by atoms with Crippen LogP contribution in [0.15, 0.2) is 12.1 Å². The number of benzene rings is 1. The van der Waals surface area contributed by atoms with Gasteiger partial charge in [-0.25, -0.2) is 4.39 Å². The first kappa shape index (κ1) is 11.1. The number of hydrogen-bond acceptors (Lipinski definition) is 3. The highest BCUT2D eigenvalue weighted by molar-refractivity contribution is 7.70. The Labute approximate surface area is 82.4 Å². The third-order valence-electron chi connectivity index (χ3n) is 1.88. The van der Waals surface area contributed by atoms with E-state index in [4.69, 9.17) is 10.5 Å². The molecule has 1 aromatic rings. The first-order valence-corrected chi connectivity index (χ1v) is 6.65. The summed E-state index contributed by atoms with van der Waals surface area (Å²) >= 11 is 0. The van der Waals surface area contributed by atoms with E-state index in [0.717, 1.165) is 6.07 Å². The average molecular weight is 217 g/mol. The Morgan fingerprint density at radius 1 is 1.43 bits per heavy atom. The molecule has 3 nitrogen and oxygen atoms in total. The van der Waals surface area contributed by atoms with Gasteiger partial charge in [0, 0.05) is 11.4 Å². The van der Waals surface area contributed by atoms with E-state index in [1.165, 1.54) is 26.5 Å². The van der Waals surface area contributed by atoms with Crippen molar-refractivity contribution in [3.63, 3.8) is 0 Å². The van der Waals surface area contributed by atoms with Gasteiger partial charge in [-0.3, -0.25) is 0 Å². The van der Waals surface area contributed by atoms with Gasteiger partial charge in [0.1, 0.15) is 18.7 Å². The summed E-state index contributed by atoms with van der Waals surface area (Å²) in [4.78, 5) is 0. The lowest BCUT2D eigenvalue weighted by Gasteiger charge is -2.11. The van der Waals surface area contributed by atoms with E-state index in [-0.39, 0.29) is 11.1 Å². The van der Waals surface area contributed by atoms with Crippen LogP contribution in [-0.2, 0) is 4.57 Å². The highest BCUT2D eigenvalue weighted by Crippen LogP contribution is 2.38. The van der Waals surface area contributed by atoms with Gasteiger partial charge in [-0.2, -0.15) is 0 Å². The van der Waals surface area contributed by atoms with E-state index in [2.05, 4.69) is 0 Å². The molecule has 14 heavy (non-hydrogen) atoms. The predicted molar refractivity (Wildman–Crippen MR) is 56.5 cm³/mol. The van der Waals surface area contributed by atoms with Gasteiger partial charge in [0.2, 0.25) is 0 Å². The molecular weight excluding hydrogens is 204 g/mol. The number of rotatable bonds is 2.